The van der Waals surface area contributed by atoms with Crippen LogP contribution in [0.3, 0.4) is 0 Å². The van der Waals surface area contributed by atoms with Crippen molar-refractivity contribution in [1.82, 2.24) is 112 Å². The first kappa shape index (κ1) is 88.7. The zero-order valence-electron chi connectivity index (χ0n) is 66.9. The Morgan fingerprint density at radius 1 is 0.508 bits per heavy atom. The summed E-state index contributed by atoms with van der Waals surface area (Å²) in [5.74, 6) is -1.60. The van der Waals surface area contributed by atoms with Crippen LogP contribution in [0.15, 0.2) is 222 Å². The molecule has 20 rings (SSSR count). The number of amides is 1. The summed E-state index contributed by atoms with van der Waals surface area (Å²) < 4.78 is 17.7. The Bertz CT molecular complexity index is 7030. The van der Waals surface area contributed by atoms with Gasteiger partial charge in [-0.1, -0.05) is 11.6 Å². The molecule has 9 N–H and O–H groups in total. The predicted octanol–water partition coefficient (Wildman–Crippen LogP) is 10.2. The molecule has 0 aliphatic carbocycles. The van der Waals surface area contributed by atoms with Gasteiger partial charge in [-0.2, -0.15) is 9.59 Å². The van der Waals surface area contributed by atoms with Crippen molar-refractivity contribution < 1.29 is 62.2 Å². The molecule has 38 heteroatoms. The summed E-state index contributed by atoms with van der Waals surface area (Å²) in [5, 5.41) is 49.8. The van der Waals surface area contributed by atoms with Crippen LogP contribution in [0.4, 0.5) is 0 Å². The number of aromatic carboxylic acids is 1. The van der Waals surface area contributed by atoms with Crippen molar-refractivity contribution in [3.63, 3.8) is 0 Å². The van der Waals surface area contributed by atoms with Gasteiger partial charge in [-0.25, -0.2) is 69.4 Å². The van der Waals surface area contributed by atoms with Crippen LogP contribution in [0.25, 0.3) is 144 Å². The van der Waals surface area contributed by atoms with Crippen molar-refractivity contribution >= 4 is 206 Å². The van der Waals surface area contributed by atoms with Crippen LogP contribution in [0.2, 0.25) is 0 Å². The number of carboxylic acid groups (broad SMARTS) is 1. The van der Waals surface area contributed by atoms with Crippen molar-refractivity contribution in [2.24, 2.45) is 42.3 Å². The number of esters is 1. The van der Waals surface area contributed by atoms with Crippen molar-refractivity contribution in [2.45, 2.75) is 26.3 Å². The van der Waals surface area contributed by atoms with E-state index in [0.717, 1.165) is 122 Å². The molecule has 0 fully saturated rings. The van der Waals surface area contributed by atoms with E-state index in [1.54, 1.807) is 106 Å². The number of carboxylic acids is 1. The number of benzene rings is 4. The summed E-state index contributed by atoms with van der Waals surface area (Å²) in [6, 6.07) is 34.3. The average molecular weight is 2090 g/mol. The molecule has 20 aromatic rings. The van der Waals surface area contributed by atoms with Gasteiger partial charge in [0.2, 0.25) is 0 Å². The van der Waals surface area contributed by atoms with Crippen LogP contribution in [0.5, 0.6) is 0 Å². The molecule has 620 valence electrons. The number of aromatic nitrogens is 22. The van der Waals surface area contributed by atoms with Gasteiger partial charge >= 0.3 is 75.7 Å². The molecule has 0 saturated carbocycles. The Morgan fingerprint density at radius 3 is 1.38 bits per heavy atom. The summed E-state index contributed by atoms with van der Waals surface area (Å²) in [7, 11) is 11.5. The fourth-order valence-electron chi connectivity index (χ4n) is 13.4. The van der Waals surface area contributed by atoms with E-state index in [-0.39, 0.29) is 24.2 Å². The molecular formula is C84H77BI4N23O10-. The Hall–Kier alpha value is -12.6. The minimum atomic E-state index is -1.56. The Morgan fingerprint density at radius 2 is 0.918 bits per heavy atom. The van der Waals surface area contributed by atoms with Gasteiger partial charge in [-0.15, -0.1) is 0 Å². The predicted molar refractivity (Wildman–Crippen MR) is 488 cm³/mol. The van der Waals surface area contributed by atoms with Gasteiger partial charge in [0, 0.05) is 237 Å². The molecule has 1 amide bonds. The van der Waals surface area contributed by atoms with Crippen molar-refractivity contribution in [3.05, 3.63) is 247 Å². The topological polar surface area (TPSA) is 435 Å². The molecule has 0 unspecified atom stereocenters. The number of aliphatic hydroxyl groups excluding tert-OH is 1. The smallest absolute Gasteiger partial charge is 0.346 e. The minimum absolute atomic E-state index is 0.131. The number of carbonyl (C=O) groups excluding carboxylic acids is 4. The van der Waals surface area contributed by atoms with Gasteiger partial charge in [0.05, 0.1) is 34.1 Å². The first-order chi connectivity index (χ1) is 58.7. The first-order valence-electron chi connectivity index (χ1n) is 36.8. The van der Waals surface area contributed by atoms with Crippen LogP contribution in [0.1, 0.15) is 50.5 Å². The first-order valence-corrected chi connectivity index (χ1v) is 50.4. The van der Waals surface area contributed by atoms with Gasteiger partial charge in [-0.3, -0.25) is 4.79 Å². The van der Waals surface area contributed by atoms with Crippen LogP contribution in [0, 0.1) is 10.6 Å². The van der Waals surface area contributed by atoms with Gasteiger partial charge in [0.15, 0.2) is 0 Å². The summed E-state index contributed by atoms with van der Waals surface area (Å²) >= 11 is 7.57. The maximum Gasteiger partial charge on any atom is 0.373 e. The number of hydrogen-bond donors (Lipinski definition) is 9. The second-order valence-electron chi connectivity index (χ2n) is 28.1. The maximum absolute atomic E-state index is 12.6. The number of aromatic amines is 4. The molecule has 0 aliphatic heterocycles. The van der Waals surface area contributed by atoms with E-state index in [1.165, 1.54) is 51.8 Å². The fraction of sp³-hybridized carbons (Fsp3) is 0.143. The number of methoxy groups -OCH3 is 1. The number of halogens is 4. The summed E-state index contributed by atoms with van der Waals surface area (Å²) in [4.78, 5) is 113. The number of nitrogens with one attached hydrogen (secondary N) is 5. The third-order valence-corrected chi connectivity index (χ3v) is 20.4. The van der Waals surface area contributed by atoms with E-state index in [2.05, 4.69) is 205 Å². The van der Waals surface area contributed by atoms with Gasteiger partial charge in [-0.05, 0) is 146 Å². The molecule has 16 heterocycles. The van der Waals surface area contributed by atoms with Gasteiger partial charge in [0.25, 0.3) is 5.91 Å². The number of fused-ring (bicyclic) bond motifs is 10. The minimum Gasteiger partial charge on any atom is -0.346 e. The fourth-order valence-corrected chi connectivity index (χ4v) is 14.0. The van der Waals surface area contributed by atoms with Crippen LogP contribution >= 0.6 is 59.8 Å². The van der Waals surface area contributed by atoms with Gasteiger partial charge in [0.1, 0.15) is 71.8 Å². The molecule has 0 spiro atoms. The van der Waals surface area contributed by atoms with Crippen LogP contribution < -0.4 is 24.0 Å². The molecular weight excluding hydrogens is 2010 g/mol. The zero-order valence-corrected chi connectivity index (χ0v) is 75.5. The number of ether oxygens (including phenoxy) is 1. The Labute approximate surface area is 737 Å². The number of aliphatic hydroxyl groups is 1. The van der Waals surface area contributed by atoms with E-state index in [1.807, 2.05) is 132 Å². The number of hydrogen-bond acceptors (Lipinski definition) is 21. The van der Waals surface area contributed by atoms with E-state index in [4.69, 9.17) is 9.59 Å². The zero-order chi connectivity index (χ0) is 87.1. The third-order valence-electron chi connectivity index (χ3n) is 19.3. The molecule has 0 aliphatic rings. The standard InChI is InChI=1S/C20H21N5O2.C16H12N4O2.C16H14N4.C11H12BNO4.C7H6IN3.C7H7N3.C6H5N3.CO2.I3/c1-20(2,10-26)24-19(27)12-4-5-17-14(6-12)15(9-25(17)3)16-7-13-8-21-11-22-18(13)23-16;1-20-7-12(11-4-9(16(21)22)2-3-14(11)20)13-5-10-6-17-8-18-15(10)19-13;1-10-3-4-15-12(5-10)13(8-20(15)2)14-6-11-7-17-9-18-16(11)19-14;1-13-6-9(12(15)16)8-5-7(11(14)17-2)3-4-10(8)13;1-11-6(8)2-5-3-9-4-10-7(5)11;1-10-3-2-6-4-8-5-9-7(6)10;1-2-8-6-5(1)3-7-4-9-6;2-1-3;1-3-2/h4-9,11,26H,10H2,1-3H3,(H,24,27)(H,21,22,23);2-8H,1H3,(H,21,22)(H,17,18,19);3-9H,1-2H3,(H,17,18,19);3-6,15-16H,1-2H3;2-4H,1H3;2-5H,1H3;1-4H,(H,7,8,9);;/q;;;;;;;;-1. The second kappa shape index (κ2) is 40.2. The molecule has 33 nitrogen and oxygen atoms in total. The number of carbonyl (C=O) groups is 3. The molecule has 4 aromatic carbocycles. The van der Waals surface area contributed by atoms with E-state index in [9.17, 15) is 34.6 Å². The van der Waals surface area contributed by atoms with Crippen molar-refractivity contribution in [2.75, 3.05) is 13.7 Å². The normalized spacial score (nSPS) is 10.9. The molecule has 0 atom stereocenters. The molecule has 0 bridgehead atoms. The van der Waals surface area contributed by atoms with Gasteiger partial charge < -0.3 is 77.7 Å². The molecule has 0 saturated heterocycles. The number of nitrogens with zero attached hydrogens (tertiary/aromatic N) is 18. The summed E-state index contributed by atoms with van der Waals surface area (Å²) in [6.07, 6.45) is 31.8. The Kier molecular flexibility index (Phi) is 29.2. The molecule has 16 aromatic heterocycles. The van der Waals surface area contributed by atoms with E-state index >= 15 is 0 Å². The number of H-pyrrole nitrogens is 4. The number of aryl methyl sites for hydroxylation is 7. The quantitative estimate of drug-likeness (QED) is 0.0368. The maximum atomic E-state index is 12.6. The summed E-state index contributed by atoms with van der Waals surface area (Å²) in [5.41, 5.74) is 17.5. The van der Waals surface area contributed by atoms with E-state index < -0.39 is 24.6 Å². The molecule has 0 radical (unpaired) electrons. The summed E-state index contributed by atoms with van der Waals surface area (Å²) in [6.45, 7) is 5.55. The van der Waals surface area contributed by atoms with Crippen molar-refractivity contribution in [1.29, 1.82) is 0 Å². The van der Waals surface area contributed by atoms with Crippen LogP contribution in [-0.4, -0.2) is 178 Å². The SMILES string of the molecule is COC(=O)c1ccc2c(c1)c(B(O)O)cn2C.Cc1ccc2c(c1)c(-c1cc3cncnc3[nH]1)cn2C.Cn1c(I)cc2cncnc21.Cn1cc(-c2cc3cncnc3[nH]2)c2cc(C(=O)NC(C)(C)CO)ccc21.Cn1cc(-c2cc3cncnc3[nH]2)c2cc(C(=O)O)ccc21.Cn1ccc2cncnc21.I[I-]I.O=C=O.c1ncc2cc[nH]c2n1. The van der Waals surface area contributed by atoms with Crippen LogP contribution in [-0.2, 0) is 56.6 Å². The molecule has 122 heavy (non-hydrogen) atoms. The van der Waals surface area contributed by atoms with Crippen molar-refractivity contribution in [3.8, 4) is 33.8 Å². The number of rotatable bonds is 9. The largest absolute Gasteiger partial charge is 0.373 e. The Balaban J connectivity index is 0.000000132. The second-order valence-corrected chi connectivity index (χ2v) is 45.4. The average Bonchev–Trinajstić information content (AvgIpc) is 1.63. The van der Waals surface area contributed by atoms with E-state index in [0.29, 0.717) is 35.2 Å². The monoisotopic (exact) mass is 2090 g/mol. The third kappa shape index (κ3) is 20.7.